The predicted octanol–water partition coefficient (Wildman–Crippen LogP) is 0.168. The fourth-order valence-corrected chi connectivity index (χ4v) is 0.568. The van der Waals surface area contributed by atoms with Crippen molar-refractivity contribution in [1.82, 2.24) is 5.06 Å². The molecule has 0 radical (unpaired) electrons. The topological polar surface area (TPSA) is 77.6 Å². The fraction of sp³-hybridized carbons (Fsp3) is 0.200. The zero-order valence-electron chi connectivity index (χ0n) is 5.53. The van der Waals surface area contributed by atoms with E-state index < -0.39 is 6.29 Å². The Morgan fingerprint density at radius 2 is 2.55 bits per heavy atom. The summed E-state index contributed by atoms with van der Waals surface area (Å²) in [6, 6.07) is 0. The quantitative estimate of drug-likeness (QED) is 0.454. The number of nitrogens with zero attached hydrogens (tertiary/aromatic N) is 4. The first-order valence-electron chi connectivity index (χ1n) is 2.85. The Balaban J connectivity index is 2.58. The summed E-state index contributed by atoms with van der Waals surface area (Å²) in [6.07, 6.45) is 3.81. The Morgan fingerprint density at radius 3 is 3.18 bits per heavy atom. The van der Waals surface area contributed by atoms with Crippen LogP contribution in [0.5, 0.6) is 0 Å². The van der Waals surface area contributed by atoms with Crippen LogP contribution in [-0.2, 0) is 4.79 Å². The van der Waals surface area contributed by atoms with E-state index in [4.69, 9.17) is 5.21 Å². The minimum absolute atomic E-state index is 0.279. The Kier molecular flexibility index (Phi) is 2.45. The summed E-state index contributed by atoms with van der Waals surface area (Å²) in [5.41, 5.74) is 0. The Bertz CT molecular complexity index is 223. The molecule has 0 aromatic rings. The number of allylic oxidation sites excluding steroid dienone is 1. The third-order valence-electron chi connectivity index (χ3n) is 0.998. The minimum atomic E-state index is -0.829. The van der Waals surface area contributed by atoms with Gasteiger partial charge in [-0.15, -0.1) is 10.2 Å². The van der Waals surface area contributed by atoms with Crippen molar-refractivity contribution in [1.29, 1.82) is 0 Å². The molecule has 0 aromatic heterocycles. The molecule has 0 aliphatic carbocycles. The van der Waals surface area contributed by atoms with Crippen LogP contribution in [0.1, 0.15) is 0 Å². The van der Waals surface area contributed by atoms with Gasteiger partial charge in [0.25, 0.3) is 12.7 Å². The van der Waals surface area contributed by atoms with Crippen molar-refractivity contribution >= 4 is 12.6 Å². The average Bonchev–Trinajstić information content (AvgIpc) is 2.03. The summed E-state index contributed by atoms with van der Waals surface area (Å²) in [6.45, 7) is 0. The SMILES string of the molecule is O=CN=NC1N=CC=CN1O. The standard InChI is InChI=1S/C5H6N4O2/c10-4-7-8-5-6-2-1-3-9(5)11/h1-5,11H. The van der Waals surface area contributed by atoms with E-state index in [1.807, 2.05) is 0 Å². The van der Waals surface area contributed by atoms with Gasteiger partial charge in [-0.1, -0.05) is 0 Å². The molecule has 11 heavy (non-hydrogen) atoms. The van der Waals surface area contributed by atoms with E-state index in [-0.39, 0.29) is 6.41 Å². The van der Waals surface area contributed by atoms with Gasteiger partial charge in [0.15, 0.2) is 0 Å². The first-order valence-corrected chi connectivity index (χ1v) is 2.85. The molecule has 1 heterocycles. The van der Waals surface area contributed by atoms with Crippen LogP contribution in [0, 0.1) is 0 Å². The van der Waals surface area contributed by atoms with Gasteiger partial charge in [-0.2, -0.15) is 0 Å². The van der Waals surface area contributed by atoms with Gasteiger partial charge in [0, 0.05) is 12.4 Å². The second-order valence-electron chi connectivity index (χ2n) is 1.70. The maximum atomic E-state index is 9.72. The molecule has 58 valence electrons. The first kappa shape index (κ1) is 7.55. The smallest absolute Gasteiger partial charge is 0.257 e. The van der Waals surface area contributed by atoms with Crippen molar-refractivity contribution in [2.75, 3.05) is 0 Å². The number of azo groups is 1. The number of aliphatic imine (C=N–C) groups is 1. The number of amides is 1. The van der Waals surface area contributed by atoms with Gasteiger partial charge in [0.1, 0.15) is 0 Å². The number of hydrogen-bond acceptors (Lipinski definition) is 5. The zero-order valence-corrected chi connectivity index (χ0v) is 5.53. The van der Waals surface area contributed by atoms with Gasteiger partial charge < -0.3 is 0 Å². The summed E-state index contributed by atoms with van der Waals surface area (Å²) in [5.74, 6) is 0. The van der Waals surface area contributed by atoms with Crippen molar-refractivity contribution in [2.24, 2.45) is 15.2 Å². The number of rotatable bonds is 2. The van der Waals surface area contributed by atoms with Crippen LogP contribution in [0.2, 0.25) is 0 Å². The lowest BCUT2D eigenvalue weighted by Crippen LogP contribution is -2.25. The van der Waals surface area contributed by atoms with Crippen molar-refractivity contribution in [3.8, 4) is 0 Å². The summed E-state index contributed by atoms with van der Waals surface area (Å²) < 4.78 is 0. The van der Waals surface area contributed by atoms with E-state index in [2.05, 4.69) is 15.2 Å². The monoisotopic (exact) mass is 154 g/mol. The van der Waals surface area contributed by atoms with Crippen LogP contribution in [-0.4, -0.2) is 29.2 Å². The molecule has 1 atom stereocenters. The number of hydrogen-bond donors (Lipinski definition) is 1. The number of carbonyl (C=O) groups is 1. The molecule has 0 fully saturated rings. The second kappa shape index (κ2) is 3.57. The van der Waals surface area contributed by atoms with Crippen molar-refractivity contribution < 1.29 is 10.0 Å². The highest BCUT2D eigenvalue weighted by Gasteiger charge is 2.10. The molecule has 1 N–H and O–H groups in total. The molecule has 6 nitrogen and oxygen atoms in total. The van der Waals surface area contributed by atoms with Gasteiger partial charge in [0.05, 0.1) is 0 Å². The van der Waals surface area contributed by atoms with Gasteiger partial charge in [-0.05, 0) is 6.08 Å². The lowest BCUT2D eigenvalue weighted by Gasteiger charge is -2.17. The van der Waals surface area contributed by atoms with E-state index in [0.717, 1.165) is 5.06 Å². The molecule has 0 bridgehead atoms. The van der Waals surface area contributed by atoms with Crippen LogP contribution in [0.4, 0.5) is 0 Å². The summed E-state index contributed by atoms with van der Waals surface area (Å²) >= 11 is 0. The largest absolute Gasteiger partial charge is 0.285 e. The van der Waals surface area contributed by atoms with E-state index in [1.165, 1.54) is 18.5 Å². The molecular formula is C5H6N4O2. The van der Waals surface area contributed by atoms with Gasteiger partial charge in [-0.25, -0.2) is 10.1 Å². The van der Waals surface area contributed by atoms with Crippen molar-refractivity contribution in [3.05, 3.63) is 12.3 Å². The lowest BCUT2D eigenvalue weighted by molar-refractivity contribution is -0.108. The Morgan fingerprint density at radius 1 is 1.73 bits per heavy atom. The maximum absolute atomic E-state index is 9.72. The molecular weight excluding hydrogens is 148 g/mol. The number of hydroxylamine groups is 2. The normalized spacial score (nSPS) is 23.0. The second-order valence-corrected chi connectivity index (χ2v) is 1.70. The molecule has 1 aliphatic heterocycles. The molecule has 0 saturated carbocycles. The Hall–Kier alpha value is -1.56. The van der Waals surface area contributed by atoms with Gasteiger partial charge in [-0.3, -0.25) is 10.0 Å². The summed E-state index contributed by atoms with van der Waals surface area (Å²) in [4.78, 5) is 13.4. The molecule has 0 aromatic carbocycles. The molecule has 0 spiro atoms. The van der Waals surface area contributed by atoms with E-state index in [1.54, 1.807) is 0 Å². The highest BCUT2D eigenvalue weighted by atomic mass is 16.5. The molecule has 1 rings (SSSR count). The van der Waals surface area contributed by atoms with Gasteiger partial charge >= 0.3 is 0 Å². The molecule has 0 saturated heterocycles. The van der Waals surface area contributed by atoms with Crippen molar-refractivity contribution in [3.63, 3.8) is 0 Å². The van der Waals surface area contributed by atoms with Crippen LogP contribution >= 0.6 is 0 Å². The number of carbonyl (C=O) groups excluding carboxylic acids is 1. The summed E-state index contributed by atoms with van der Waals surface area (Å²) in [5, 5.41) is 16.1. The van der Waals surface area contributed by atoms with Crippen LogP contribution in [0.15, 0.2) is 27.5 Å². The average molecular weight is 154 g/mol. The molecule has 6 heteroatoms. The fourth-order valence-electron chi connectivity index (χ4n) is 0.568. The van der Waals surface area contributed by atoms with Crippen molar-refractivity contribution in [2.45, 2.75) is 6.29 Å². The zero-order chi connectivity index (χ0) is 8.10. The highest BCUT2D eigenvalue weighted by molar-refractivity contribution is 5.71. The first-order chi connectivity index (χ1) is 5.34. The van der Waals surface area contributed by atoms with Crippen LogP contribution < -0.4 is 0 Å². The predicted molar refractivity (Wildman–Crippen MR) is 36.0 cm³/mol. The minimum Gasteiger partial charge on any atom is -0.285 e. The third kappa shape index (κ3) is 1.94. The lowest BCUT2D eigenvalue weighted by atomic mass is 10.6. The summed E-state index contributed by atoms with van der Waals surface area (Å²) in [7, 11) is 0. The highest BCUT2D eigenvalue weighted by Crippen LogP contribution is 2.03. The third-order valence-corrected chi connectivity index (χ3v) is 0.998. The maximum Gasteiger partial charge on any atom is 0.257 e. The van der Waals surface area contributed by atoms with Gasteiger partial charge in [0.2, 0.25) is 0 Å². The molecule has 1 aliphatic rings. The van der Waals surface area contributed by atoms with Crippen LogP contribution in [0.25, 0.3) is 0 Å². The molecule has 1 unspecified atom stereocenters. The van der Waals surface area contributed by atoms with E-state index in [0.29, 0.717) is 0 Å². The van der Waals surface area contributed by atoms with E-state index in [9.17, 15) is 4.79 Å². The van der Waals surface area contributed by atoms with Crippen LogP contribution in [0.3, 0.4) is 0 Å². The van der Waals surface area contributed by atoms with E-state index >= 15 is 0 Å². The Labute approximate surface area is 62.5 Å². The molecule has 1 amide bonds.